The number of para-hydroxylation sites is 1. The fourth-order valence-electron chi connectivity index (χ4n) is 3.38. The zero-order valence-electron chi connectivity index (χ0n) is 16.6. The third-order valence-corrected chi connectivity index (χ3v) is 4.91. The van der Waals surface area contributed by atoms with Crippen LogP contribution in [0.25, 0.3) is 0 Å². The van der Waals surface area contributed by atoms with E-state index in [0.717, 1.165) is 28.8 Å². The van der Waals surface area contributed by atoms with Gasteiger partial charge in [0.2, 0.25) is 11.8 Å². The van der Waals surface area contributed by atoms with Gasteiger partial charge >= 0.3 is 0 Å². The molecular weight excluding hydrogens is 360 g/mol. The highest BCUT2D eigenvalue weighted by Gasteiger charge is 2.18. The van der Waals surface area contributed by atoms with Crippen LogP contribution < -0.4 is 10.6 Å². The molecule has 0 saturated heterocycles. The fourth-order valence-corrected chi connectivity index (χ4v) is 3.38. The Morgan fingerprint density at radius 1 is 0.759 bits per heavy atom. The number of carbonyl (C=O) groups excluding carboxylic acids is 2. The summed E-state index contributed by atoms with van der Waals surface area (Å²) in [5.74, 6) is -0.432. The van der Waals surface area contributed by atoms with Crippen molar-refractivity contribution in [2.75, 3.05) is 11.9 Å². The Labute approximate surface area is 172 Å². The van der Waals surface area contributed by atoms with Crippen molar-refractivity contribution in [2.24, 2.45) is 0 Å². The summed E-state index contributed by atoms with van der Waals surface area (Å²) in [6.45, 7) is 1.99. The van der Waals surface area contributed by atoms with Gasteiger partial charge < -0.3 is 10.6 Å². The molecule has 2 amide bonds. The molecule has 0 saturated carbocycles. The van der Waals surface area contributed by atoms with Crippen molar-refractivity contribution in [3.8, 4) is 0 Å². The molecule has 3 aromatic carbocycles. The van der Waals surface area contributed by atoms with Crippen LogP contribution in [0.1, 0.15) is 36.0 Å². The predicted octanol–water partition coefficient (Wildman–Crippen LogP) is 4.53. The molecule has 4 nitrogen and oxygen atoms in total. The molecule has 0 spiro atoms. The zero-order valence-corrected chi connectivity index (χ0v) is 16.6. The number of aryl methyl sites for hydroxylation is 1. The first-order chi connectivity index (χ1) is 14.2. The number of amides is 2. The first-order valence-corrected chi connectivity index (χ1v) is 9.91. The molecular formula is C25H26N2O2. The van der Waals surface area contributed by atoms with E-state index in [-0.39, 0.29) is 30.7 Å². The van der Waals surface area contributed by atoms with Gasteiger partial charge in [-0.3, -0.25) is 9.59 Å². The van der Waals surface area contributed by atoms with Crippen LogP contribution in [-0.4, -0.2) is 18.4 Å². The second kappa shape index (κ2) is 10.2. The highest BCUT2D eigenvalue weighted by Crippen LogP contribution is 2.27. The Hall–Kier alpha value is -3.40. The molecule has 0 bridgehead atoms. The molecule has 3 aromatic rings. The first kappa shape index (κ1) is 20.3. The van der Waals surface area contributed by atoms with Gasteiger partial charge in [-0.05, 0) is 29.2 Å². The first-order valence-electron chi connectivity index (χ1n) is 9.91. The number of benzene rings is 3. The summed E-state index contributed by atoms with van der Waals surface area (Å²) in [7, 11) is 0. The van der Waals surface area contributed by atoms with Gasteiger partial charge in [-0.15, -0.1) is 0 Å². The van der Waals surface area contributed by atoms with Crippen molar-refractivity contribution in [2.45, 2.75) is 25.7 Å². The molecule has 4 heteroatoms. The van der Waals surface area contributed by atoms with Crippen molar-refractivity contribution in [1.82, 2.24) is 5.32 Å². The van der Waals surface area contributed by atoms with E-state index >= 15 is 0 Å². The van der Waals surface area contributed by atoms with Crippen LogP contribution in [-0.2, 0) is 16.0 Å². The van der Waals surface area contributed by atoms with Crippen LogP contribution in [0.2, 0.25) is 0 Å². The maximum atomic E-state index is 12.6. The van der Waals surface area contributed by atoms with Gasteiger partial charge in [0, 0.05) is 18.0 Å². The van der Waals surface area contributed by atoms with E-state index in [0.29, 0.717) is 0 Å². The number of hydrogen-bond donors (Lipinski definition) is 2. The fraction of sp³-hybridized carbons (Fsp3) is 0.200. The minimum absolute atomic E-state index is 0.0484. The van der Waals surface area contributed by atoms with E-state index < -0.39 is 0 Å². The van der Waals surface area contributed by atoms with Gasteiger partial charge in [0.05, 0.1) is 6.54 Å². The lowest BCUT2D eigenvalue weighted by Crippen LogP contribution is -2.33. The normalized spacial score (nSPS) is 10.6. The van der Waals surface area contributed by atoms with Crippen molar-refractivity contribution in [3.63, 3.8) is 0 Å². The molecule has 0 aliphatic heterocycles. The smallest absolute Gasteiger partial charge is 0.243 e. The molecule has 0 fully saturated rings. The minimum Gasteiger partial charge on any atom is -0.347 e. The molecule has 29 heavy (non-hydrogen) atoms. The third kappa shape index (κ3) is 5.79. The maximum absolute atomic E-state index is 12.6. The lowest BCUT2D eigenvalue weighted by Gasteiger charge is -2.18. The average molecular weight is 386 g/mol. The Balaban J connectivity index is 1.61. The Morgan fingerprint density at radius 2 is 1.31 bits per heavy atom. The second-order valence-electron chi connectivity index (χ2n) is 6.91. The number of carbonyl (C=O) groups is 2. The molecule has 0 atom stereocenters. The quantitative estimate of drug-likeness (QED) is 0.598. The zero-order chi connectivity index (χ0) is 20.5. The van der Waals surface area contributed by atoms with E-state index in [9.17, 15) is 9.59 Å². The SMILES string of the molecule is CCc1ccccc1NC(=O)CNC(=O)CC(c1ccccc1)c1ccccc1. The monoisotopic (exact) mass is 386 g/mol. The van der Waals surface area contributed by atoms with Crippen LogP contribution in [0.15, 0.2) is 84.9 Å². The Morgan fingerprint density at radius 3 is 1.90 bits per heavy atom. The number of anilines is 1. The summed E-state index contributed by atoms with van der Waals surface area (Å²) >= 11 is 0. The number of hydrogen-bond acceptors (Lipinski definition) is 2. The van der Waals surface area contributed by atoms with Crippen molar-refractivity contribution < 1.29 is 9.59 Å². The summed E-state index contributed by atoms with van der Waals surface area (Å²) in [6, 6.07) is 27.6. The molecule has 2 N–H and O–H groups in total. The second-order valence-corrected chi connectivity index (χ2v) is 6.91. The van der Waals surface area contributed by atoms with Crippen LogP contribution in [0, 0.1) is 0 Å². The van der Waals surface area contributed by atoms with E-state index in [1.54, 1.807) is 0 Å². The van der Waals surface area contributed by atoms with E-state index in [4.69, 9.17) is 0 Å². The average Bonchev–Trinajstić information content (AvgIpc) is 2.77. The van der Waals surface area contributed by atoms with Gasteiger partial charge in [0.1, 0.15) is 0 Å². The molecule has 0 aliphatic rings. The standard InChI is InChI=1S/C25H26N2O2/c1-2-19-11-9-10-16-23(19)27-25(29)18-26-24(28)17-22(20-12-5-3-6-13-20)21-14-7-4-8-15-21/h3-16,22H,2,17-18H2,1H3,(H,26,28)(H,27,29). The molecule has 0 heterocycles. The summed E-state index contributed by atoms with van der Waals surface area (Å²) in [5.41, 5.74) is 4.02. The Bertz CT molecular complexity index is 900. The lowest BCUT2D eigenvalue weighted by atomic mass is 9.88. The number of rotatable bonds is 8. The van der Waals surface area contributed by atoms with E-state index in [1.165, 1.54) is 0 Å². The molecule has 0 aliphatic carbocycles. The molecule has 0 unspecified atom stereocenters. The predicted molar refractivity (Wildman–Crippen MR) is 117 cm³/mol. The van der Waals surface area contributed by atoms with Gasteiger partial charge in [-0.1, -0.05) is 85.8 Å². The molecule has 0 aromatic heterocycles. The van der Waals surface area contributed by atoms with Crippen molar-refractivity contribution >= 4 is 17.5 Å². The van der Waals surface area contributed by atoms with Gasteiger partial charge in [0.15, 0.2) is 0 Å². The molecule has 148 valence electrons. The van der Waals surface area contributed by atoms with Gasteiger partial charge in [-0.25, -0.2) is 0 Å². The van der Waals surface area contributed by atoms with Crippen molar-refractivity contribution in [3.05, 3.63) is 102 Å². The van der Waals surface area contributed by atoms with Gasteiger partial charge in [0.25, 0.3) is 0 Å². The highest BCUT2D eigenvalue weighted by molar-refractivity contribution is 5.95. The molecule has 0 radical (unpaired) electrons. The van der Waals surface area contributed by atoms with E-state index in [2.05, 4.69) is 10.6 Å². The minimum atomic E-state index is -0.227. The lowest BCUT2D eigenvalue weighted by molar-refractivity contribution is -0.124. The van der Waals surface area contributed by atoms with E-state index in [1.807, 2.05) is 91.9 Å². The molecule has 3 rings (SSSR count). The highest BCUT2D eigenvalue weighted by atomic mass is 16.2. The summed E-state index contributed by atoms with van der Waals surface area (Å²) in [4.78, 5) is 24.9. The van der Waals surface area contributed by atoms with Gasteiger partial charge in [-0.2, -0.15) is 0 Å². The Kier molecular flexibility index (Phi) is 7.17. The largest absolute Gasteiger partial charge is 0.347 e. The maximum Gasteiger partial charge on any atom is 0.243 e. The summed E-state index contributed by atoms with van der Waals surface area (Å²) < 4.78 is 0. The summed E-state index contributed by atoms with van der Waals surface area (Å²) in [5, 5.41) is 5.64. The van der Waals surface area contributed by atoms with Crippen LogP contribution in [0.4, 0.5) is 5.69 Å². The summed E-state index contributed by atoms with van der Waals surface area (Å²) in [6.07, 6.45) is 1.12. The van der Waals surface area contributed by atoms with Crippen LogP contribution in [0.5, 0.6) is 0 Å². The third-order valence-electron chi connectivity index (χ3n) is 4.91. The topological polar surface area (TPSA) is 58.2 Å². The van der Waals surface area contributed by atoms with Crippen LogP contribution >= 0.6 is 0 Å². The number of nitrogens with one attached hydrogen (secondary N) is 2. The van der Waals surface area contributed by atoms with Crippen molar-refractivity contribution in [1.29, 1.82) is 0 Å². The van der Waals surface area contributed by atoms with Crippen LogP contribution in [0.3, 0.4) is 0 Å².